The maximum atomic E-state index is 11.3. The average Bonchev–Trinajstić information content (AvgIpc) is 2.28. The first-order valence-corrected chi connectivity index (χ1v) is 7.46. The van der Waals surface area contributed by atoms with Gasteiger partial charge in [-0.2, -0.15) is 0 Å². The first-order valence-electron chi connectivity index (χ1n) is 4.68. The molecule has 0 heterocycles. The predicted molar refractivity (Wildman–Crippen MR) is 67.3 cm³/mol. The lowest BCUT2D eigenvalue weighted by Crippen LogP contribution is -2.27. The van der Waals surface area contributed by atoms with Gasteiger partial charge in [0.25, 0.3) is 0 Å². The van der Waals surface area contributed by atoms with Gasteiger partial charge in [-0.25, -0.2) is 13.1 Å². The van der Waals surface area contributed by atoms with Crippen LogP contribution in [0.15, 0.2) is 24.3 Å². The number of benzene rings is 1. The molecule has 16 heavy (non-hydrogen) atoms. The lowest BCUT2D eigenvalue weighted by atomic mass is 10.1. The molecule has 0 radical (unpaired) electrons. The van der Waals surface area contributed by atoms with E-state index in [2.05, 4.69) is 20.7 Å². The smallest absolute Gasteiger partial charge is 0.222 e. The Kier molecular flexibility index (Phi) is 4.76. The van der Waals surface area contributed by atoms with Crippen molar-refractivity contribution in [1.82, 2.24) is 4.72 Å². The van der Waals surface area contributed by atoms with E-state index in [-0.39, 0.29) is 10.7 Å². The van der Waals surface area contributed by atoms with E-state index in [1.54, 1.807) is 20.1 Å². The van der Waals surface area contributed by atoms with Gasteiger partial charge in [0.2, 0.25) is 10.0 Å². The first-order chi connectivity index (χ1) is 7.48. The molecule has 0 fully saturated rings. The summed E-state index contributed by atoms with van der Waals surface area (Å²) >= 11 is 2.92. The summed E-state index contributed by atoms with van der Waals surface area (Å²) in [5.74, 6) is 0.711. The minimum absolute atomic E-state index is 0.103. The number of sulfonamides is 1. The SMILES string of the molecule is COc1cccc(C(C)NS(=O)(=O)CBr)c1. The van der Waals surface area contributed by atoms with E-state index in [0.717, 1.165) is 5.56 Å². The molecule has 1 rings (SSSR count). The first kappa shape index (κ1) is 13.5. The Morgan fingerprint density at radius 1 is 1.50 bits per heavy atom. The highest BCUT2D eigenvalue weighted by Gasteiger charge is 2.14. The maximum Gasteiger partial charge on any atom is 0.222 e. The van der Waals surface area contributed by atoms with Gasteiger partial charge in [0.1, 0.15) is 10.4 Å². The highest BCUT2D eigenvalue weighted by atomic mass is 79.9. The number of hydrogen-bond acceptors (Lipinski definition) is 3. The summed E-state index contributed by atoms with van der Waals surface area (Å²) in [6.07, 6.45) is 0. The van der Waals surface area contributed by atoms with Crippen LogP contribution >= 0.6 is 15.9 Å². The average molecular weight is 308 g/mol. The molecule has 0 aliphatic carbocycles. The van der Waals surface area contributed by atoms with E-state index >= 15 is 0 Å². The third-order valence-electron chi connectivity index (χ3n) is 2.09. The van der Waals surface area contributed by atoms with Crippen molar-refractivity contribution in [3.63, 3.8) is 0 Å². The van der Waals surface area contributed by atoms with Crippen LogP contribution in [-0.2, 0) is 10.0 Å². The Hall–Kier alpha value is -0.590. The number of alkyl halides is 1. The van der Waals surface area contributed by atoms with Gasteiger partial charge in [0, 0.05) is 6.04 Å². The van der Waals surface area contributed by atoms with E-state index in [9.17, 15) is 8.42 Å². The summed E-state index contributed by atoms with van der Waals surface area (Å²) in [7, 11) is -1.68. The number of hydrogen-bond donors (Lipinski definition) is 1. The molecule has 0 spiro atoms. The van der Waals surface area contributed by atoms with Crippen LogP contribution in [0.1, 0.15) is 18.5 Å². The minimum Gasteiger partial charge on any atom is -0.497 e. The predicted octanol–water partition coefficient (Wildman–Crippen LogP) is 2.03. The monoisotopic (exact) mass is 307 g/mol. The Morgan fingerprint density at radius 2 is 2.19 bits per heavy atom. The van der Waals surface area contributed by atoms with Gasteiger partial charge in [0.05, 0.1) is 7.11 Å². The molecule has 1 aromatic rings. The van der Waals surface area contributed by atoms with Crippen LogP contribution in [-0.4, -0.2) is 20.2 Å². The molecule has 0 bridgehead atoms. The van der Waals surface area contributed by atoms with Gasteiger partial charge in [-0.15, -0.1) is 0 Å². The Bertz CT molecular complexity index is 447. The number of ether oxygens (including phenoxy) is 1. The largest absolute Gasteiger partial charge is 0.497 e. The lowest BCUT2D eigenvalue weighted by molar-refractivity contribution is 0.413. The molecule has 0 aromatic heterocycles. The van der Waals surface area contributed by atoms with Crippen molar-refractivity contribution in [2.45, 2.75) is 13.0 Å². The van der Waals surface area contributed by atoms with Crippen LogP contribution in [0.4, 0.5) is 0 Å². The van der Waals surface area contributed by atoms with Crippen molar-refractivity contribution in [2.24, 2.45) is 0 Å². The highest BCUT2D eigenvalue weighted by Crippen LogP contribution is 2.19. The number of rotatable bonds is 5. The van der Waals surface area contributed by atoms with Crippen LogP contribution in [0.3, 0.4) is 0 Å². The van der Waals surface area contributed by atoms with Crippen molar-refractivity contribution in [1.29, 1.82) is 0 Å². The normalized spacial score (nSPS) is 13.4. The van der Waals surface area contributed by atoms with Gasteiger partial charge in [-0.3, -0.25) is 0 Å². The molecule has 90 valence electrons. The zero-order valence-electron chi connectivity index (χ0n) is 9.10. The van der Waals surface area contributed by atoms with Gasteiger partial charge in [-0.1, -0.05) is 28.1 Å². The minimum atomic E-state index is -3.26. The second-order valence-electron chi connectivity index (χ2n) is 3.34. The van der Waals surface area contributed by atoms with Gasteiger partial charge >= 0.3 is 0 Å². The second-order valence-corrected chi connectivity index (χ2v) is 6.40. The lowest BCUT2D eigenvalue weighted by Gasteiger charge is -2.14. The summed E-state index contributed by atoms with van der Waals surface area (Å²) in [4.78, 5) is 0. The molecule has 0 saturated heterocycles. The maximum absolute atomic E-state index is 11.3. The van der Waals surface area contributed by atoms with E-state index in [0.29, 0.717) is 5.75 Å². The van der Waals surface area contributed by atoms with E-state index in [1.165, 1.54) is 0 Å². The molecule has 1 unspecified atom stereocenters. The topological polar surface area (TPSA) is 55.4 Å². The fourth-order valence-corrected chi connectivity index (χ4v) is 2.41. The van der Waals surface area contributed by atoms with Crippen LogP contribution in [0, 0.1) is 0 Å². The zero-order chi connectivity index (χ0) is 12.2. The van der Waals surface area contributed by atoms with Crippen molar-refractivity contribution in [3.8, 4) is 5.75 Å². The summed E-state index contributed by atoms with van der Waals surface area (Å²) in [5, 5.41) is 0. The molecule has 1 aromatic carbocycles. The Labute approximate surface area is 104 Å². The van der Waals surface area contributed by atoms with E-state index in [1.807, 2.05) is 18.2 Å². The summed E-state index contributed by atoms with van der Waals surface area (Å²) in [6, 6.07) is 7.02. The number of halogens is 1. The third-order valence-corrected chi connectivity index (χ3v) is 4.90. The fraction of sp³-hybridized carbons (Fsp3) is 0.400. The molecular weight excluding hydrogens is 294 g/mol. The van der Waals surface area contributed by atoms with Crippen LogP contribution in [0.5, 0.6) is 5.75 Å². The van der Waals surface area contributed by atoms with E-state index < -0.39 is 10.0 Å². The fourth-order valence-electron chi connectivity index (χ4n) is 1.28. The van der Waals surface area contributed by atoms with Gasteiger partial charge < -0.3 is 4.74 Å². The van der Waals surface area contributed by atoms with Crippen molar-refractivity contribution in [2.75, 3.05) is 11.8 Å². The molecule has 0 saturated carbocycles. The number of methoxy groups -OCH3 is 1. The highest BCUT2D eigenvalue weighted by molar-refractivity contribution is 9.10. The van der Waals surface area contributed by atoms with Crippen molar-refractivity contribution in [3.05, 3.63) is 29.8 Å². The molecule has 6 heteroatoms. The number of nitrogens with one attached hydrogen (secondary N) is 1. The Morgan fingerprint density at radius 3 is 2.75 bits per heavy atom. The van der Waals surface area contributed by atoms with Crippen LogP contribution < -0.4 is 9.46 Å². The summed E-state index contributed by atoms with van der Waals surface area (Å²) in [5.41, 5.74) is 0.865. The molecular formula is C10H14BrNO3S. The molecule has 0 aliphatic rings. The molecule has 1 atom stereocenters. The van der Waals surface area contributed by atoms with Crippen LogP contribution in [0.2, 0.25) is 0 Å². The molecule has 4 nitrogen and oxygen atoms in total. The molecule has 0 amide bonds. The molecule has 0 aliphatic heterocycles. The third kappa shape index (κ3) is 3.77. The summed E-state index contributed by atoms with van der Waals surface area (Å²) < 4.78 is 30.2. The van der Waals surface area contributed by atoms with Gasteiger partial charge in [-0.05, 0) is 24.6 Å². The zero-order valence-corrected chi connectivity index (χ0v) is 11.5. The second kappa shape index (κ2) is 5.65. The summed E-state index contributed by atoms with van der Waals surface area (Å²) in [6.45, 7) is 1.79. The molecule has 1 N–H and O–H groups in total. The van der Waals surface area contributed by atoms with Crippen molar-refractivity contribution < 1.29 is 13.2 Å². The standard InChI is InChI=1S/C10H14BrNO3S/c1-8(12-16(13,14)7-11)9-4-3-5-10(6-9)15-2/h3-6,8,12H,7H2,1-2H3. The van der Waals surface area contributed by atoms with Crippen molar-refractivity contribution >= 4 is 26.0 Å². The van der Waals surface area contributed by atoms with E-state index in [4.69, 9.17) is 4.74 Å². The quantitative estimate of drug-likeness (QED) is 0.847. The Balaban J connectivity index is 2.84. The van der Waals surface area contributed by atoms with Gasteiger partial charge in [0.15, 0.2) is 0 Å². The van der Waals surface area contributed by atoms with Crippen LogP contribution in [0.25, 0.3) is 0 Å².